The zero-order valence-electron chi connectivity index (χ0n) is 12.6. The first-order valence-electron chi connectivity index (χ1n) is 7.00. The number of aromatic nitrogens is 1. The van der Waals surface area contributed by atoms with Crippen LogP contribution in [0.4, 0.5) is 4.79 Å². The van der Waals surface area contributed by atoms with Gasteiger partial charge in [0.15, 0.2) is 0 Å². The maximum Gasteiger partial charge on any atom is 0.410 e. The number of likely N-dealkylation sites (tertiary alicyclic amines) is 1. The van der Waals surface area contributed by atoms with Gasteiger partial charge in [-0.25, -0.2) is 4.79 Å². The first-order valence-corrected chi connectivity index (χ1v) is 7.00. The molecule has 1 aliphatic rings. The standard InChI is InChI=1S/C15H23N3O2/c1-11(13-7-5-6-8-16-13)17-12-9-18(10-12)14(19)20-15(2,3)4/h5-8,11-12,17H,9-10H2,1-4H3/t11-/m0/s1. The first-order chi connectivity index (χ1) is 9.35. The zero-order chi connectivity index (χ0) is 14.8. The molecule has 2 heterocycles. The molecule has 110 valence electrons. The Kier molecular flexibility index (Phi) is 4.28. The summed E-state index contributed by atoms with van der Waals surface area (Å²) in [5.74, 6) is 0. The maximum absolute atomic E-state index is 11.8. The van der Waals surface area contributed by atoms with Gasteiger partial charge in [-0.1, -0.05) is 6.07 Å². The number of nitrogens with one attached hydrogen (secondary N) is 1. The molecular formula is C15H23N3O2. The van der Waals surface area contributed by atoms with Gasteiger partial charge in [0.2, 0.25) is 0 Å². The van der Waals surface area contributed by atoms with E-state index in [9.17, 15) is 4.79 Å². The molecule has 0 spiro atoms. The highest BCUT2D eigenvalue weighted by Crippen LogP contribution is 2.18. The Morgan fingerprint density at radius 3 is 2.70 bits per heavy atom. The molecule has 0 radical (unpaired) electrons. The molecule has 0 bridgehead atoms. The van der Waals surface area contributed by atoms with Crippen LogP contribution in [-0.4, -0.2) is 40.7 Å². The van der Waals surface area contributed by atoms with Gasteiger partial charge < -0.3 is 15.0 Å². The van der Waals surface area contributed by atoms with Crippen LogP contribution in [0.2, 0.25) is 0 Å². The fourth-order valence-electron chi connectivity index (χ4n) is 2.13. The summed E-state index contributed by atoms with van der Waals surface area (Å²) in [4.78, 5) is 17.8. The highest BCUT2D eigenvalue weighted by Gasteiger charge is 2.34. The summed E-state index contributed by atoms with van der Waals surface area (Å²) >= 11 is 0. The smallest absolute Gasteiger partial charge is 0.410 e. The lowest BCUT2D eigenvalue weighted by atomic mass is 10.1. The van der Waals surface area contributed by atoms with E-state index in [1.807, 2.05) is 39.0 Å². The summed E-state index contributed by atoms with van der Waals surface area (Å²) in [5.41, 5.74) is 0.583. The number of amides is 1. The van der Waals surface area contributed by atoms with Crippen LogP contribution in [0.25, 0.3) is 0 Å². The third-order valence-electron chi connectivity index (χ3n) is 3.15. The van der Waals surface area contributed by atoms with Crippen LogP contribution in [0, 0.1) is 0 Å². The lowest BCUT2D eigenvalue weighted by Crippen LogP contribution is -2.60. The molecule has 1 amide bonds. The van der Waals surface area contributed by atoms with Crippen LogP contribution in [0.3, 0.4) is 0 Å². The van der Waals surface area contributed by atoms with E-state index >= 15 is 0 Å². The van der Waals surface area contributed by atoms with E-state index in [4.69, 9.17) is 4.74 Å². The van der Waals surface area contributed by atoms with Crippen molar-refractivity contribution in [1.29, 1.82) is 0 Å². The minimum absolute atomic E-state index is 0.182. The molecule has 1 fully saturated rings. The summed E-state index contributed by atoms with van der Waals surface area (Å²) < 4.78 is 5.33. The molecule has 5 nitrogen and oxygen atoms in total. The summed E-state index contributed by atoms with van der Waals surface area (Å²) in [6, 6.07) is 6.38. The second kappa shape index (κ2) is 5.79. The molecule has 1 aromatic rings. The molecular weight excluding hydrogens is 254 g/mol. The van der Waals surface area contributed by atoms with Crippen LogP contribution in [0.1, 0.15) is 39.4 Å². The predicted molar refractivity (Wildman–Crippen MR) is 77.4 cm³/mol. The summed E-state index contributed by atoms with van der Waals surface area (Å²) in [6.45, 7) is 9.09. The second-order valence-electron chi connectivity index (χ2n) is 6.23. The van der Waals surface area contributed by atoms with Crippen molar-refractivity contribution in [2.75, 3.05) is 13.1 Å². The number of carbonyl (C=O) groups excluding carboxylic acids is 1. The fraction of sp³-hybridized carbons (Fsp3) is 0.600. The summed E-state index contributed by atoms with van der Waals surface area (Å²) in [6.07, 6.45) is 1.56. The minimum atomic E-state index is -0.434. The molecule has 1 aromatic heterocycles. The Morgan fingerprint density at radius 2 is 2.15 bits per heavy atom. The van der Waals surface area contributed by atoms with Crippen LogP contribution in [0.5, 0.6) is 0 Å². The van der Waals surface area contributed by atoms with Crippen LogP contribution >= 0.6 is 0 Å². The SMILES string of the molecule is C[C@H](NC1CN(C(=O)OC(C)(C)C)C1)c1ccccn1. The van der Waals surface area contributed by atoms with Gasteiger partial charge in [0, 0.05) is 31.4 Å². The van der Waals surface area contributed by atoms with E-state index in [2.05, 4.69) is 17.2 Å². The number of rotatable bonds is 3. The van der Waals surface area contributed by atoms with Crippen molar-refractivity contribution in [1.82, 2.24) is 15.2 Å². The Morgan fingerprint density at radius 1 is 1.45 bits per heavy atom. The highest BCUT2D eigenvalue weighted by atomic mass is 16.6. The lowest BCUT2D eigenvalue weighted by molar-refractivity contribution is 0.00430. The van der Waals surface area contributed by atoms with Gasteiger partial charge in [0.1, 0.15) is 5.60 Å². The number of carbonyl (C=O) groups is 1. The molecule has 0 unspecified atom stereocenters. The molecule has 0 saturated carbocycles. The number of ether oxygens (including phenoxy) is 1. The van der Waals surface area contributed by atoms with Crippen molar-refractivity contribution in [3.63, 3.8) is 0 Å². The molecule has 1 atom stereocenters. The average Bonchev–Trinajstić information content (AvgIpc) is 2.31. The van der Waals surface area contributed by atoms with E-state index in [0.29, 0.717) is 19.1 Å². The number of nitrogens with zero attached hydrogens (tertiary/aromatic N) is 2. The summed E-state index contributed by atoms with van der Waals surface area (Å²) in [5, 5.41) is 3.47. The van der Waals surface area contributed by atoms with E-state index in [1.165, 1.54) is 0 Å². The summed E-state index contributed by atoms with van der Waals surface area (Å²) in [7, 11) is 0. The Hall–Kier alpha value is -1.62. The van der Waals surface area contributed by atoms with Gasteiger partial charge in [-0.3, -0.25) is 4.98 Å². The molecule has 1 saturated heterocycles. The predicted octanol–water partition coefficient (Wildman–Crippen LogP) is 2.35. The highest BCUT2D eigenvalue weighted by molar-refractivity contribution is 5.69. The largest absolute Gasteiger partial charge is 0.444 e. The minimum Gasteiger partial charge on any atom is -0.444 e. The average molecular weight is 277 g/mol. The normalized spacial score (nSPS) is 17.5. The van der Waals surface area contributed by atoms with Gasteiger partial charge in [0.25, 0.3) is 0 Å². The number of hydrogen-bond acceptors (Lipinski definition) is 4. The molecule has 5 heteroatoms. The molecule has 1 N–H and O–H groups in total. The lowest BCUT2D eigenvalue weighted by Gasteiger charge is -2.41. The second-order valence-corrected chi connectivity index (χ2v) is 6.23. The van der Waals surface area contributed by atoms with E-state index in [-0.39, 0.29) is 12.1 Å². The molecule has 0 aromatic carbocycles. The molecule has 0 aliphatic carbocycles. The van der Waals surface area contributed by atoms with Gasteiger partial charge >= 0.3 is 6.09 Å². The fourth-order valence-corrected chi connectivity index (χ4v) is 2.13. The first kappa shape index (κ1) is 14.8. The molecule has 2 rings (SSSR count). The van der Waals surface area contributed by atoms with Crippen molar-refractivity contribution in [3.05, 3.63) is 30.1 Å². The van der Waals surface area contributed by atoms with Crippen LogP contribution < -0.4 is 5.32 Å². The van der Waals surface area contributed by atoms with E-state index in [1.54, 1.807) is 11.1 Å². The van der Waals surface area contributed by atoms with Gasteiger partial charge in [-0.2, -0.15) is 0 Å². The van der Waals surface area contributed by atoms with E-state index in [0.717, 1.165) is 5.69 Å². The topological polar surface area (TPSA) is 54.5 Å². The van der Waals surface area contributed by atoms with Crippen molar-refractivity contribution in [2.45, 2.75) is 45.4 Å². The number of hydrogen-bond donors (Lipinski definition) is 1. The Labute approximate surface area is 120 Å². The van der Waals surface area contributed by atoms with Crippen LogP contribution in [-0.2, 0) is 4.74 Å². The van der Waals surface area contributed by atoms with Crippen molar-refractivity contribution >= 4 is 6.09 Å². The van der Waals surface area contributed by atoms with Gasteiger partial charge in [-0.05, 0) is 39.8 Å². The monoisotopic (exact) mass is 277 g/mol. The Balaban J connectivity index is 1.76. The van der Waals surface area contributed by atoms with Crippen molar-refractivity contribution < 1.29 is 9.53 Å². The Bertz CT molecular complexity index is 450. The molecule has 20 heavy (non-hydrogen) atoms. The van der Waals surface area contributed by atoms with Gasteiger partial charge in [-0.15, -0.1) is 0 Å². The van der Waals surface area contributed by atoms with E-state index < -0.39 is 5.60 Å². The molecule has 1 aliphatic heterocycles. The quantitative estimate of drug-likeness (QED) is 0.921. The third kappa shape index (κ3) is 3.93. The number of pyridine rings is 1. The third-order valence-corrected chi connectivity index (χ3v) is 3.15. The van der Waals surface area contributed by atoms with Crippen molar-refractivity contribution in [2.24, 2.45) is 0 Å². The zero-order valence-corrected chi connectivity index (χ0v) is 12.6. The van der Waals surface area contributed by atoms with Gasteiger partial charge in [0.05, 0.1) is 5.69 Å². The maximum atomic E-state index is 11.8. The van der Waals surface area contributed by atoms with Crippen LogP contribution in [0.15, 0.2) is 24.4 Å². The van der Waals surface area contributed by atoms with Crippen molar-refractivity contribution in [3.8, 4) is 0 Å².